The average molecular weight is 330 g/mol. The van der Waals surface area contributed by atoms with E-state index in [1.165, 1.54) is 16.4 Å². The molecule has 0 aromatic heterocycles. The lowest BCUT2D eigenvalue weighted by molar-refractivity contribution is 0.349. The summed E-state index contributed by atoms with van der Waals surface area (Å²) in [5, 5.41) is 8.80. The Morgan fingerprint density at radius 1 is 1.33 bits per heavy atom. The zero-order valence-electron chi connectivity index (χ0n) is 12.4. The molecule has 0 heterocycles. The van der Waals surface area contributed by atoms with Gasteiger partial charge in [0.05, 0.1) is 5.02 Å². The summed E-state index contributed by atoms with van der Waals surface area (Å²) < 4.78 is 26.6. The first-order chi connectivity index (χ1) is 9.88. The smallest absolute Gasteiger partial charge is 0.244 e. The van der Waals surface area contributed by atoms with E-state index in [0.29, 0.717) is 5.56 Å². The van der Waals surface area contributed by atoms with E-state index in [9.17, 15) is 8.42 Å². The Bertz CT molecular complexity index is 643. The van der Waals surface area contributed by atoms with Gasteiger partial charge in [0.15, 0.2) is 0 Å². The van der Waals surface area contributed by atoms with Crippen LogP contribution >= 0.6 is 11.6 Å². The third-order valence-electron chi connectivity index (χ3n) is 3.36. The molecular formula is C15H20ClNO3S. The molecule has 0 atom stereocenters. The predicted molar refractivity (Wildman–Crippen MR) is 84.7 cm³/mol. The molecule has 0 aliphatic carbocycles. The Hall–Kier alpha value is -1.06. The SMILES string of the molecule is CCC(CC)N(C)S(=O)(=O)c1ccc(C#CCO)cc1Cl. The molecule has 1 N–H and O–H groups in total. The first-order valence-electron chi connectivity index (χ1n) is 6.75. The normalized spacial score (nSPS) is 11.6. The van der Waals surface area contributed by atoms with Crippen LogP contribution < -0.4 is 0 Å². The van der Waals surface area contributed by atoms with Gasteiger partial charge in [-0.3, -0.25) is 0 Å². The van der Waals surface area contributed by atoms with Crippen LogP contribution in [-0.4, -0.2) is 37.5 Å². The van der Waals surface area contributed by atoms with Crippen molar-refractivity contribution in [3.63, 3.8) is 0 Å². The fraction of sp³-hybridized carbons (Fsp3) is 0.467. The second-order valence-corrected chi connectivity index (χ2v) is 6.97. The standard InChI is InChI=1S/C15H20ClNO3S/c1-4-13(5-2)17(3)21(19,20)15-9-8-12(7-6-10-18)11-14(15)16/h8-9,11,13,18H,4-5,10H2,1-3H3. The topological polar surface area (TPSA) is 57.6 Å². The molecule has 0 bridgehead atoms. The molecule has 1 aromatic carbocycles. The van der Waals surface area contributed by atoms with Crippen molar-refractivity contribution in [1.29, 1.82) is 0 Å². The number of rotatable bonds is 5. The van der Waals surface area contributed by atoms with E-state index in [4.69, 9.17) is 16.7 Å². The molecule has 6 heteroatoms. The number of aliphatic hydroxyl groups excluding tert-OH is 1. The molecule has 1 rings (SSSR count). The number of hydrogen-bond donors (Lipinski definition) is 1. The van der Waals surface area contributed by atoms with Crippen molar-refractivity contribution in [2.24, 2.45) is 0 Å². The van der Waals surface area contributed by atoms with Crippen LogP contribution in [0.3, 0.4) is 0 Å². The van der Waals surface area contributed by atoms with Gasteiger partial charge in [0.2, 0.25) is 10.0 Å². The van der Waals surface area contributed by atoms with Crippen molar-refractivity contribution >= 4 is 21.6 Å². The quantitative estimate of drug-likeness (QED) is 0.844. The van der Waals surface area contributed by atoms with Crippen LogP contribution in [0.2, 0.25) is 5.02 Å². The van der Waals surface area contributed by atoms with Crippen LogP contribution in [-0.2, 0) is 10.0 Å². The number of halogens is 1. The molecule has 0 saturated carbocycles. The zero-order chi connectivity index (χ0) is 16.0. The predicted octanol–water partition coefficient (Wildman–Crippen LogP) is 2.49. The van der Waals surface area contributed by atoms with E-state index in [1.54, 1.807) is 13.1 Å². The summed E-state index contributed by atoms with van der Waals surface area (Å²) in [6.07, 6.45) is 1.48. The number of hydrogen-bond acceptors (Lipinski definition) is 3. The van der Waals surface area contributed by atoms with Crippen LogP contribution in [0, 0.1) is 11.8 Å². The van der Waals surface area contributed by atoms with Crippen LogP contribution in [0.5, 0.6) is 0 Å². The van der Waals surface area contributed by atoms with Crippen molar-refractivity contribution < 1.29 is 13.5 Å². The van der Waals surface area contributed by atoms with Gasteiger partial charge in [0.25, 0.3) is 0 Å². The van der Waals surface area contributed by atoms with Gasteiger partial charge in [-0.1, -0.05) is 37.3 Å². The van der Waals surface area contributed by atoms with Gasteiger partial charge in [-0.2, -0.15) is 4.31 Å². The Morgan fingerprint density at radius 2 is 1.95 bits per heavy atom. The molecule has 21 heavy (non-hydrogen) atoms. The van der Waals surface area contributed by atoms with Crippen molar-refractivity contribution in [1.82, 2.24) is 4.31 Å². The van der Waals surface area contributed by atoms with Gasteiger partial charge in [0.1, 0.15) is 11.5 Å². The number of sulfonamides is 1. The summed E-state index contributed by atoms with van der Waals surface area (Å²) in [5.41, 5.74) is 0.568. The maximum Gasteiger partial charge on any atom is 0.244 e. The van der Waals surface area contributed by atoms with Gasteiger partial charge >= 0.3 is 0 Å². The third kappa shape index (κ3) is 4.21. The van der Waals surface area contributed by atoms with Gasteiger partial charge in [0, 0.05) is 18.7 Å². The fourth-order valence-corrected chi connectivity index (χ4v) is 4.10. The highest BCUT2D eigenvalue weighted by atomic mass is 35.5. The number of benzene rings is 1. The summed E-state index contributed by atoms with van der Waals surface area (Å²) in [7, 11) is -2.05. The first kappa shape index (κ1) is 18.0. The van der Waals surface area contributed by atoms with Crippen molar-refractivity contribution in [3.05, 3.63) is 28.8 Å². The van der Waals surface area contributed by atoms with E-state index in [-0.39, 0.29) is 22.6 Å². The Morgan fingerprint density at radius 3 is 2.43 bits per heavy atom. The molecule has 0 unspecified atom stereocenters. The fourth-order valence-electron chi connectivity index (χ4n) is 2.08. The minimum atomic E-state index is -3.63. The third-order valence-corrected chi connectivity index (χ3v) is 5.75. The monoisotopic (exact) mass is 329 g/mol. The van der Waals surface area contributed by atoms with Gasteiger partial charge in [-0.05, 0) is 31.0 Å². The Balaban J connectivity index is 3.20. The molecule has 0 aliphatic rings. The van der Waals surface area contributed by atoms with Crippen LogP contribution in [0.4, 0.5) is 0 Å². The van der Waals surface area contributed by atoms with Crippen molar-refractivity contribution in [2.45, 2.75) is 37.6 Å². The summed E-state index contributed by atoms with van der Waals surface area (Å²) in [6, 6.07) is 4.48. The lowest BCUT2D eigenvalue weighted by atomic mass is 10.2. The van der Waals surface area contributed by atoms with E-state index >= 15 is 0 Å². The lowest BCUT2D eigenvalue weighted by Gasteiger charge is -2.25. The van der Waals surface area contributed by atoms with E-state index in [1.807, 2.05) is 13.8 Å². The molecule has 0 amide bonds. The van der Waals surface area contributed by atoms with Gasteiger partial charge < -0.3 is 5.11 Å². The lowest BCUT2D eigenvalue weighted by Crippen LogP contribution is -2.36. The zero-order valence-corrected chi connectivity index (χ0v) is 14.0. The summed E-state index contributed by atoms with van der Waals surface area (Å²) in [5.74, 6) is 5.19. The largest absolute Gasteiger partial charge is 0.384 e. The minimum Gasteiger partial charge on any atom is -0.384 e. The van der Waals surface area contributed by atoms with E-state index in [2.05, 4.69) is 11.8 Å². The van der Waals surface area contributed by atoms with Crippen LogP contribution in [0.1, 0.15) is 32.3 Å². The summed E-state index contributed by atoms with van der Waals surface area (Å²) in [4.78, 5) is 0.0770. The maximum absolute atomic E-state index is 12.6. The summed E-state index contributed by atoms with van der Waals surface area (Å²) in [6.45, 7) is 3.65. The second-order valence-electron chi connectivity index (χ2n) is 4.60. The van der Waals surface area contributed by atoms with Crippen LogP contribution in [0.25, 0.3) is 0 Å². The average Bonchev–Trinajstić information content (AvgIpc) is 2.46. The highest BCUT2D eigenvalue weighted by Crippen LogP contribution is 2.27. The molecule has 116 valence electrons. The minimum absolute atomic E-state index is 0.0556. The maximum atomic E-state index is 12.6. The number of aliphatic hydroxyl groups is 1. The molecule has 4 nitrogen and oxygen atoms in total. The second kappa shape index (κ2) is 7.81. The van der Waals surface area contributed by atoms with E-state index in [0.717, 1.165) is 12.8 Å². The Kier molecular flexibility index (Phi) is 6.69. The highest BCUT2D eigenvalue weighted by Gasteiger charge is 2.27. The summed E-state index contributed by atoms with van der Waals surface area (Å²) >= 11 is 6.09. The Labute approximate surface area is 131 Å². The molecular weight excluding hydrogens is 310 g/mol. The molecule has 0 saturated heterocycles. The van der Waals surface area contributed by atoms with Crippen LogP contribution in [0.15, 0.2) is 23.1 Å². The first-order valence-corrected chi connectivity index (χ1v) is 8.57. The molecule has 0 spiro atoms. The van der Waals surface area contributed by atoms with Crippen molar-refractivity contribution in [2.75, 3.05) is 13.7 Å². The number of nitrogens with zero attached hydrogens (tertiary/aromatic N) is 1. The van der Waals surface area contributed by atoms with E-state index < -0.39 is 10.0 Å². The van der Waals surface area contributed by atoms with Gasteiger partial charge in [-0.15, -0.1) is 0 Å². The highest BCUT2D eigenvalue weighted by molar-refractivity contribution is 7.89. The molecule has 0 fully saturated rings. The molecule has 1 aromatic rings. The molecule has 0 aliphatic heterocycles. The van der Waals surface area contributed by atoms with Crippen molar-refractivity contribution in [3.8, 4) is 11.8 Å². The molecule has 0 radical (unpaired) electrons. The van der Waals surface area contributed by atoms with Gasteiger partial charge in [-0.25, -0.2) is 8.42 Å².